The number of benzene rings is 2. The molecule has 0 aliphatic carbocycles. The number of carbonyl (C=O) groups excluding carboxylic acids is 1. The van der Waals surface area contributed by atoms with Gasteiger partial charge >= 0.3 is 0 Å². The van der Waals surface area contributed by atoms with E-state index >= 15 is 0 Å². The Labute approximate surface area is 131 Å². The topological polar surface area (TPSA) is 29.5 Å². The molecule has 0 bridgehead atoms. The summed E-state index contributed by atoms with van der Waals surface area (Å²) >= 11 is 0. The van der Waals surface area contributed by atoms with E-state index < -0.39 is 0 Å². The summed E-state index contributed by atoms with van der Waals surface area (Å²) in [7, 11) is 0. The standard InChI is InChI=1S/C19H21NO2/c1-19(14-22-15-19)13-20(12-16-8-4-2-5-9-16)18(21)17-10-6-3-7-11-17/h2-11H,12-15H2,1H3. The van der Waals surface area contributed by atoms with Gasteiger partial charge in [-0.05, 0) is 17.7 Å². The molecule has 0 unspecified atom stereocenters. The molecule has 0 aromatic heterocycles. The molecule has 1 saturated heterocycles. The summed E-state index contributed by atoms with van der Waals surface area (Å²) in [5.74, 6) is 0.0811. The summed E-state index contributed by atoms with van der Waals surface area (Å²) in [6.07, 6.45) is 0. The van der Waals surface area contributed by atoms with Gasteiger partial charge in [0, 0.05) is 24.1 Å². The Morgan fingerprint density at radius 2 is 1.64 bits per heavy atom. The van der Waals surface area contributed by atoms with Crippen molar-refractivity contribution in [2.45, 2.75) is 13.5 Å². The molecule has 0 radical (unpaired) electrons. The molecule has 114 valence electrons. The minimum Gasteiger partial charge on any atom is -0.380 e. The van der Waals surface area contributed by atoms with Crippen molar-refractivity contribution >= 4 is 5.91 Å². The Balaban J connectivity index is 1.80. The van der Waals surface area contributed by atoms with E-state index in [2.05, 4.69) is 19.1 Å². The van der Waals surface area contributed by atoms with Gasteiger partial charge in [0.2, 0.25) is 0 Å². The second-order valence-electron chi connectivity index (χ2n) is 6.32. The Bertz CT molecular complexity index is 620. The van der Waals surface area contributed by atoms with Gasteiger partial charge in [-0.25, -0.2) is 0 Å². The quantitative estimate of drug-likeness (QED) is 0.846. The molecule has 1 aliphatic rings. The average Bonchev–Trinajstić information content (AvgIpc) is 2.54. The number of rotatable bonds is 5. The average molecular weight is 295 g/mol. The minimum atomic E-state index is 0.0687. The first-order chi connectivity index (χ1) is 10.7. The zero-order valence-corrected chi connectivity index (χ0v) is 12.9. The fourth-order valence-electron chi connectivity index (χ4n) is 2.77. The third-order valence-corrected chi connectivity index (χ3v) is 4.00. The maximum atomic E-state index is 12.9. The van der Waals surface area contributed by atoms with Crippen molar-refractivity contribution in [2.24, 2.45) is 5.41 Å². The largest absolute Gasteiger partial charge is 0.380 e. The first-order valence-corrected chi connectivity index (χ1v) is 7.62. The molecule has 22 heavy (non-hydrogen) atoms. The lowest BCUT2D eigenvalue weighted by Gasteiger charge is -2.41. The van der Waals surface area contributed by atoms with Crippen LogP contribution in [0.2, 0.25) is 0 Å². The highest BCUT2D eigenvalue weighted by atomic mass is 16.5. The molecular formula is C19H21NO2. The summed E-state index contributed by atoms with van der Waals surface area (Å²) in [4.78, 5) is 14.8. The monoisotopic (exact) mass is 295 g/mol. The molecule has 0 atom stereocenters. The Morgan fingerprint density at radius 1 is 1.05 bits per heavy atom. The van der Waals surface area contributed by atoms with Crippen LogP contribution in [0, 0.1) is 5.41 Å². The van der Waals surface area contributed by atoms with Crippen LogP contribution in [0.3, 0.4) is 0 Å². The summed E-state index contributed by atoms with van der Waals surface area (Å²) in [6.45, 7) is 4.97. The van der Waals surface area contributed by atoms with E-state index in [1.165, 1.54) is 0 Å². The Morgan fingerprint density at radius 3 is 2.18 bits per heavy atom. The minimum absolute atomic E-state index is 0.0687. The number of amides is 1. The maximum Gasteiger partial charge on any atom is 0.254 e. The molecule has 1 heterocycles. The fraction of sp³-hybridized carbons (Fsp3) is 0.316. The number of hydrogen-bond acceptors (Lipinski definition) is 2. The molecule has 1 amide bonds. The predicted molar refractivity (Wildman–Crippen MR) is 86.6 cm³/mol. The van der Waals surface area contributed by atoms with Crippen molar-refractivity contribution in [2.75, 3.05) is 19.8 Å². The van der Waals surface area contributed by atoms with Crippen LogP contribution in [-0.2, 0) is 11.3 Å². The van der Waals surface area contributed by atoms with Crippen LogP contribution in [0.4, 0.5) is 0 Å². The number of ether oxygens (including phenoxy) is 1. The van der Waals surface area contributed by atoms with Crippen molar-refractivity contribution in [1.29, 1.82) is 0 Å². The molecule has 0 N–H and O–H groups in total. The zero-order valence-electron chi connectivity index (χ0n) is 12.9. The lowest BCUT2D eigenvalue weighted by atomic mass is 9.87. The molecule has 3 rings (SSSR count). The van der Waals surface area contributed by atoms with Crippen molar-refractivity contribution in [3.05, 3.63) is 71.8 Å². The molecule has 2 aromatic carbocycles. The summed E-state index contributed by atoms with van der Waals surface area (Å²) in [5.41, 5.74) is 1.96. The van der Waals surface area contributed by atoms with Crippen LogP contribution in [0.15, 0.2) is 60.7 Å². The van der Waals surface area contributed by atoms with Crippen molar-refractivity contribution in [1.82, 2.24) is 4.90 Å². The highest BCUT2D eigenvalue weighted by Gasteiger charge is 2.36. The van der Waals surface area contributed by atoms with Crippen LogP contribution in [-0.4, -0.2) is 30.6 Å². The van der Waals surface area contributed by atoms with Gasteiger partial charge in [-0.15, -0.1) is 0 Å². The predicted octanol–water partition coefficient (Wildman–Crippen LogP) is 3.37. The SMILES string of the molecule is CC1(CN(Cc2ccccc2)C(=O)c2ccccc2)COC1. The first-order valence-electron chi connectivity index (χ1n) is 7.62. The molecule has 3 nitrogen and oxygen atoms in total. The third kappa shape index (κ3) is 3.37. The third-order valence-electron chi connectivity index (χ3n) is 4.00. The van der Waals surface area contributed by atoms with Crippen molar-refractivity contribution in [3.63, 3.8) is 0 Å². The lowest BCUT2D eigenvalue weighted by Crippen LogP contribution is -2.50. The maximum absolute atomic E-state index is 12.9. The highest BCUT2D eigenvalue weighted by molar-refractivity contribution is 5.94. The molecular weight excluding hydrogens is 274 g/mol. The van der Waals surface area contributed by atoms with Crippen LogP contribution in [0.1, 0.15) is 22.8 Å². The molecule has 1 aliphatic heterocycles. The molecule has 2 aromatic rings. The van der Waals surface area contributed by atoms with Gasteiger partial charge in [0.1, 0.15) is 0 Å². The van der Waals surface area contributed by atoms with Crippen LogP contribution < -0.4 is 0 Å². The number of carbonyl (C=O) groups is 1. The Hall–Kier alpha value is -2.13. The number of nitrogens with zero attached hydrogens (tertiary/aromatic N) is 1. The first kappa shape index (κ1) is 14.8. The van der Waals surface area contributed by atoms with Gasteiger partial charge in [0.25, 0.3) is 5.91 Å². The van der Waals surface area contributed by atoms with Crippen molar-refractivity contribution < 1.29 is 9.53 Å². The van der Waals surface area contributed by atoms with Gasteiger partial charge in [-0.3, -0.25) is 4.79 Å². The van der Waals surface area contributed by atoms with Crippen LogP contribution >= 0.6 is 0 Å². The van der Waals surface area contributed by atoms with Crippen LogP contribution in [0.5, 0.6) is 0 Å². The smallest absolute Gasteiger partial charge is 0.254 e. The Kier molecular flexibility index (Phi) is 4.25. The van der Waals surface area contributed by atoms with E-state index in [-0.39, 0.29) is 11.3 Å². The van der Waals surface area contributed by atoms with E-state index in [1.54, 1.807) is 0 Å². The highest BCUT2D eigenvalue weighted by Crippen LogP contribution is 2.29. The summed E-state index contributed by atoms with van der Waals surface area (Å²) in [5, 5.41) is 0. The van der Waals surface area contributed by atoms with E-state index in [0.29, 0.717) is 6.54 Å². The summed E-state index contributed by atoms with van der Waals surface area (Å²) < 4.78 is 5.34. The van der Waals surface area contributed by atoms with Gasteiger partial charge in [-0.2, -0.15) is 0 Å². The van der Waals surface area contributed by atoms with Gasteiger partial charge in [0.05, 0.1) is 13.2 Å². The summed E-state index contributed by atoms with van der Waals surface area (Å²) in [6, 6.07) is 19.6. The van der Waals surface area contributed by atoms with Crippen molar-refractivity contribution in [3.8, 4) is 0 Å². The molecule has 0 saturated carbocycles. The second-order valence-corrected chi connectivity index (χ2v) is 6.32. The lowest BCUT2D eigenvalue weighted by molar-refractivity contribution is -0.111. The molecule has 3 heteroatoms. The zero-order chi connectivity index (χ0) is 15.4. The van der Waals surface area contributed by atoms with Gasteiger partial charge in [-0.1, -0.05) is 55.5 Å². The molecule has 0 spiro atoms. The second kappa shape index (κ2) is 6.32. The normalized spacial score (nSPS) is 15.9. The van der Waals surface area contributed by atoms with Gasteiger partial charge < -0.3 is 9.64 Å². The van der Waals surface area contributed by atoms with Crippen LogP contribution in [0.25, 0.3) is 0 Å². The molecule has 1 fully saturated rings. The number of hydrogen-bond donors (Lipinski definition) is 0. The van der Waals surface area contributed by atoms with Gasteiger partial charge in [0.15, 0.2) is 0 Å². The fourth-order valence-corrected chi connectivity index (χ4v) is 2.77. The van der Waals surface area contributed by atoms with E-state index in [1.807, 2.05) is 53.4 Å². The van der Waals surface area contributed by atoms with E-state index in [0.717, 1.165) is 30.9 Å². The van der Waals surface area contributed by atoms with E-state index in [9.17, 15) is 4.79 Å². The van der Waals surface area contributed by atoms with E-state index in [4.69, 9.17) is 4.74 Å².